The van der Waals surface area contributed by atoms with Gasteiger partial charge < -0.3 is 9.72 Å². The number of nitrogens with one attached hydrogen (secondary N) is 1. The van der Waals surface area contributed by atoms with E-state index in [4.69, 9.17) is 4.74 Å². The molecule has 0 amide bonds. The summed E-state index contributed by atoms with van der Waals surface area (Å²) in [5.41, 5.74) is 1.89. The zero-order valence-electron chi connectivity index (χ0n) is 12.7. The van der Waals surface area contributed by atoms with Gasteiger partial charge >= 0.3 is 11.7 Å². The van der Waals surface area contributed by atoms with Crippen LogP contribution in [0.1, 0.15) is 44.8 Å². The van der Waals surface area contributed by atoms with Gasteiger partial charge in [-0.05, 0) is 32.4 Å². The Kier molecular flexibility index (Phi) is 4.77. The number of ether oxygens (including phenoxy) is 1. The van der Waals surface area contributed by atoms with Crippen molar-refractivity contribution < 1.29 is 9.53 Å². The van der Waals surface area contributed by atoms with Crippen molar-refractivity contribution in [1.29, 1.82) is 0 Å². The number of carbonyl (C=O) groups is 1. The van der Waals surface area contributed by atoms with Gasteiger partial charge in [-0.3, -0.25) is 9.36 Å². The van der Waals surface area contributed by atoms with Crippen LogP contribution in [0.15, 0.2) is 16.9 Å². The topological polar surface area (TPSA) is 77.0 Å². The number of nitrogens with zero attached hydrogens (tertiary/aromatic N) is 2. The number of pyridine rings is 1. The molecule has 0 radical (unpaired) electrons. The van der Waals surface area contributed by atoms with Crippen molar-refractivity contribution in [3.8, 4) is 0 Å². The molecule has 6 nitrogen and oxygen atoms in total. The van der Waals surface area contributed by atoms with Crippen molar-refractivity contribution in [2.24, 2.45) is 0 Å². The lowest BCUT2D eigenvalue weighted by Crippen LogP contribution is -2.25. The summed E-state index contributed by atoms with van der Waals surface area (Å²) in [5, 5.41) is 0. The maximum atomic E-state index is 12.2. The van der Waals surface area contributed by atoms with E-state index in [1.54, 1.807) is 11.5 Å². The first-order chi connectivity index (χ1) is 10.1. The maximum Gasteiger partial charge on any atom is 0.327 e. The van der Waals surface area contributed by atoms with Crippen LogP contribution in [0.2, 0.25) is 0 Å². The third kappa shape index (κ3) is 3.32. The number of aryl methyl sites for hydroxylation is 1. The lowest BCUT2D eigenvalue weighted by Gasteiger charge is -2.16. The monoisotopic (exact) mass is 291 g/mol. The van der Waals surface area contributed by atoms with Crippen LogP contribution < -0.4 is 5.69 Å². The summed E-state index contributed by atoms with van der Waals surface area (Å²) in [6.07, 6.45) is 1.78. The van der Waals surface area contributed by atoms with Crippen LogP contribution in [0.5, 0.6) is 0 Å². The summed E-state index contributed by atoms with van der Waals surface area (Å²) >= 11 is 0. The van der Waals surface area contributed by atoms with Gasteiger partial charge in [-0.1, -0.05) is 13.3 Å². The highest BCUT2D eigenvalue weighted by Gasteiger charge is 2.21. The summed E-state index contributed by atoms with van der Waals surface area (Å²) in [6, 6.07) is 3.45. The first-order valence-electron chi connectivity index (χ1n) is 7.30. The Morgan fingerprint density at radius 3 is 2.86 bits per heavy atom. The molecule has 2 aromatic rings. The third-order valence-corrected chi connectivity index (χ3v) is 3.40. The van der Waals surface area contributed by atoms with Gasteiger partial charge in [-0.25, -0.2) is 9.78 Å². The van der Waals surface area contributed by atoms with Crippen molar-refractivity contribution in [2.75, 3.05) is 6.61 Å². The highest BCUT2D eigenvalue weighted by molar-refractivity contribution is 5.72. The van der Waals surface area contributed by atoms with E-state index < -0.39 is 0 Å². The molecule has 0 saturated heterocycles. The van der Waals surface area contributed by atoms with E-state index in [-0.39, 0.29) is 24.1 Å². The van der Waals surface area contributed by atoms with Crippen LogP contribution in [0.4, 0.5) is 0 Å². The van der Waals surface area contributed by atoms with Crippen molar-refractivity contribution >= 4 is 17.1 Å². The van der Waals surface area contributed by atoms with Gasteiger partial charge in [0.15, 0.2) is 5.65 Å². The van der Waals surface area contributed by atoms with E-state index in [2.05, 4.69) is 9.97 Å². The Balaban J connectivity index is 2.44. The molecule has 0 aliphatic rings. The third-order valence-electron chi connectivity index (χ3n) is 3.40. The van der Waals surface area contributed by atoms with Crippen LogP contribution >= 0.6 is 0 Å². The molecule has 2 heterocycles. The van der Waals surface area contributed by atoms with Gasteiger partial charge in [0, 0.05) is 5.69 Å². The molecule has 0 saturated carbocycles. The van der Waals surface area contributed by atoms with Crippen LogP contribution in [0, 0.1) is 6.92 Å². The number of hydrogen-bond donors (Lipinski definition) is 1. The average molecular weight is 291 g/mol. The number of aromatic amines is 1. The van der Waals surface area contributed by atoms with E-state index >= 15 is 0 Å². The predicted octanol–water partition coefficient (Wildman–Crippen LogP) is 2.33. The Bertz CT molecular complexity index is 687. The van der Waals surface area contributed by atoms with Crippen LogP contribution in [0.3, 0.4) is 0 Å². The molecule has 6 heteroatoms. The standard InChI is InChI=1S/C15H21N3O3/c1-4-6-11(9-13(19)21-5-2)18-14-12(17-15(18)20)8-7-10(3)16-14/h7-8,11H,4-6,9H2,1-3H3,(H,17,20)/t11-/m0/s1. The van der Waals surface area contributed by atoms with Crippen molar-refractivity contribution in [3.63, 3.8) is 0 Å². The molecular formula is C15H21N3O3. The fraction of sp³-hybridized carbons (Fsp3) is 0.533. The van der Waals surface area contributed by atoms with Gasteiger partial charge in [-0.15, -0.1) is 0 Å². The maximum absolute atomic E-state index is 12.2. The molecule has 0 aliphatic heterocycles. The number of imidazole rings is 1. The fourth-order valence-corrected chi connectivity index (χ4v) is 2.50. The first-order valence-corrected chi connectivity index (χ1v) is 7.30. The van der Waals surface area contributed by atoms with E-state index in [0.29, 0.717) is 17.8 Å². The summed E-state index contributed by atoms with van der Waals surface area (Å²) in [5.74, 6) is -0.287. The summed E-state index contributed by atoms with van der Waals surface area (Å²) < 4.78 is 6.59. The lowest BCUT2D eigenvalue weighted by molar-refractivity contribution is -0.144. The minimum absolute atomic E-state index is 0.185. The van der Waals surface area contributed by atoms with Crippen molar-refractivity contribution in [1.82, 2.24) is 14.5 Å². The van der Waals surface area contributed by atoms with Gasteiger partial charge in [0.1, 0.15) is 0 Å². The molecule has 2 aromatic heterocycles. The largest absolute Gasteiger partial charge is 0.466 e. The Morgan fingerprint density at radius 2 is 2.19 bits per heavy atom. The molecule has 2 rings (SSSR count). The Hall–Kier alpha value is -2.11. The number of esters is 1. The summed E-state index contributed by atoms with van der Waals surface area (Å²) in [7, 11) is 0. The normalized spacial score (nSPS) is 12.5. The number of hydrogen-bond acceptors (Lipinski definition) is 4. The molecular weight excluding hydrogens is 270 g/mol. The number of aromatic nitrogens is 3. The lowest BCUT2D eigenvalue weighted by atomic mass is 10.1. The molecule has 1 atom stereocenters. The zero-order valence-corrected chi connectivity index (χ0v) is 12.7. The molecule has 1 N–H and O–H groups in total. The minimum atomic E-state index is -0.287. The minimum Gasteiger partial charge on any atom is -0.466 e. The molecule has 0 bridgehead atoms. The summed E-state index contributed by atoms with van der Waals surface area (Å²) in [4.78, 5) is 31.2. The Morgan fingerprint density at radius 1 is 1.43 bits per heavy atom. The smallest absolute Gasteiger partial charge is 0.327 e. The second kappa shape index (κ2) is 6.56. The summed E-state index contributed by atoms with van der Waals surface area (Å²) in [6.45, 7) is 6.02. The predicted molar refractivity (Wildman–Crippen MR) is 80.3 cm³/mol. The highest BCUT2D eigenvalue weighted by atomic mass is 16.5. The molecule has 0 fully saturated rings. The van der Waals surface area contributed by atoms with E-state index in [9.17, 15) is 9.59 Å². The van der Waals surface area contributed by atoms with Crippen LogP contribution in [-0.4, -0.2) is 27.1 Å². The van der Waals surface area contributed by atoms with Gasteiger partial charge in [0.25, 0.3) is 0 Å². The van der Waals surface area contributed by atoms with E-state index in [1.165, 1.54) is 0 Å². The molecule has 0 spiro atoms. The SMILES string of the molecule is CCC[C@@H](CC(=O)OCC)n1c(=O)[nH]c2ccc(C)nc21. The Labute approximate surface area is 123 Å². The second-order valence-corrected chi connectivity index (χ2v) is 5.08. The van der Waals surface area contributed by atoms with E-state index in [0.717, 1.165) is 18.5 Å². The number of H-pyrrole nitrogens is 1. The van der Waals surface area contributed by atoms with E-state index in [1.807, 2.05) is 26.0 Å². The molecule has 114 valence electrons. The number of rotatable bonds is 6. The molecule has 21 heavy (non-hydrogen) atoms. The van der Waals surface area contributed by atoms with Gasteiger partial charge in [-0.2, -0.15) is 0 Å². The quantitative estimate of drug-likeness (QED) is 0.829. The van der Waals surface area contributed by atoms with Gasteiger partial charge in [0.2, 0.25) is 0 Å². The average Bonchev–Trinajstić information content (AvgIpc) is 2.74. The second-order valence-electron chi connectivity index (χ2n) is 5.08. The van der Waals surface area contributed by atoms with Crippen molar-refractivity contribution in [3.05, 3.63) is 28.3 Å². The first kappa shape index (κ1) is 15.3. The zero-order chi connectivity index (χ0) is 15.4. The fourth-order valence-electron chi connectivity index (χ4n) is 2.50. The van der Waals surface area contributed by atoms with Crippen molar-refractivity contribution in [2.45, 2.75) is 46.1 Å². The van der Waals surface area contributed by atoms with Gasteiger partial charge in [0.05, 0.1) is 24.6 Å². The van der Waals surface area contributed by atoms with Crippen LogP contribution in [0.25, 0.3) is 11.2 Å². The number of carbonyl (C=O) groups excluding carboxylic acids is 1. The highest BCUT2D eigenvalue weighted by Crippen LogP contribution is 2.21. The number of fused-ring (bicyclic) bond motifs is 1. The molecule has 0 aromatic carbocycles. The molecule has 0 aliphatic carbocycles. The van der Waals surface area contributed by atoms with Crippen LogP contribution in [-0.2, 0) is 9.53 Å². The molecule has 0 unspecified atom stereocenters.